The van der Waals surface area contributed by atoms with Crippen molar-refractivity contribution in [3.8, 4) is 5.75 Å². The standard InChI is InChI=1S/C23H29N3O2/c1-17(2)28-22-11-7-6-10-20(22)26-23(27)21-16-19(13-15-25-21)24-14-12-18-8-4-3-5-9-18/h6-8,10-11,13,15-17H,3-5,9,12,14H2,1-2H3,(H,24,25)(H,26,27). The van der Waals surface area contributed by atoms with E-state index in [9.17, 15) is 4.79 Å². The number of carbonyl (C=O) groups is 1. The van der Waals surface area contributed by atoms with Crippen LogP contribution >= 0.6 is 0 Å². The van der Waals surface area contributed by atoms with Gasteiger partial charge < -0.3 is 15.4 Å². The number of rotatable bonds is 8. The van der Waals surface area contributed by atoms with E-state index in [0.29, 0.717) is 17.1 Å². The molecule has 0 atom stereocenters. The van der Waals surface area contributed by atoms with Crippen LogP contribution in [0.4, 0.5) is 11.4 Å². The van der Waals surface area contributed by atoms with Gasteiger partial charge in [0.25, 0.3) is 5.91 Å². The number of hydrogen-bond donors (Lipinski definition) is 2. The molecule has 1 aliphatic carbocycles. The third-order valence-corrected chi connectivity index (χ3v) is 4.65. The Bertz CT molecular complexity index is 830. The van der Waals surface area contributed by atoms with Gasteiger partial charge in [-0.3, -0.25) is 9.78 Å². The average molecular weight is 380 g/mol. The second-order valence-corrected chi connectivity index (χ2v) is 7.33. The number of anilines is 2. The SMILES string of the molecule is CC(C)Oc1ccccc1NC(=O)c1cc(NCCC2=CCCCC2)ccn1. The summed E-state index contributed by atoms with van der Waals surface area (Å²) < 4.78 is 5.76. The topological polar surface area (TPSA) is 63.2 Å². The fourth-order valence-corrected chi connectivity index (χ4v) is 3.28. The third kappa shape index (κ3) is 5.84. The van der Waals surface area contributed by atoms with Crippen LogP contribution in [0.15, 0.2) is 54.2 Å². The highest BCUT2D eigenvalue weighted by Gasteiger charge is 2.12. The first kappa shape index (κ1) is 19.9. The van der Waals surface area contributed by atoms with Gasteiger partial charge in [-0.2, -0.15) is 0 Å². The van der Waals surface area contributed by atoms with Crippen molar-refractivity contribution >= 4 is 17.3 Å². The molecule has 1 heterocycles. The fraction of sp³-hybridized carbons (Fsp3) is 0.391. The predicted octanol–water partition coefficient (Wildman–Crippen LogP) is 5.42. The summed E-state index contributed by atoms with van der Waals surface area (Å²) in [6.45, 7) is 4.78. The van der Waals surface area contributed by atoms with E-state index in [0.717, 1.165) is 18.7 Å². The lowest BCUT2D eigenvalue weighted by atomic mass is 9.97. The van der Waals surface area contributed by atoms with Crippen LogP contribution in [0.25, 0.3) is 0 Å². The highest BCUT2D eigenvalue weighted by molar-refractivity contribution is 6.04. The molecular weight excluding hydrogens is 350 g/mol. The number of allylic oxidation sites excluding steroid dienone is 1. The minimum absolute atomic E-state index is 0.0305. The Morgan fingerprint density at radius 1 is 1.21 bits per heavy atom. The molecule has 2 aromatic rings. The average Bonchev–Trinajstić information content (AvgIpc) is 2.70. The van der Waals surface area contributed by atoms with Crippen molar-refractivity contribution in [2.75, 3.05) is 17.2 Å². The smallest absolute Gasteiger partial charge is 0.274 e. The summed E-state index contributed by atoms with van der Waals surface area (Å²) in [6.07, 6.45) is 10.1. The lowest BCUT2D eigenvalue weighted by Gasteiger charge is -2.15. The van der Waals surface area contributed by atoms with Crippen molar-refractivity contribution < 1.29 is 9.53 Å². The van der Waals surface area contributed by atoms with Crippen LogP contribution in [0, 0.1) is 0 Å². The van der Waals surface area contributed by atoms with Crippen LogP contribution < -0.4 is 15.4 Å². The zero-order valence-electron chi connectivity index (χ0n) is 16.7. The summed E-state index contributed by atoms with van der Waals surface area (Å²) in [5, 5.41) is 6.31. The molecule has 3 rings (SSSR count). The van der Waals surface area contributed by atoms with Gasteiger partial charge in [0.05, 0.1) is 11.8 Å². The van der Waals surface area contributed by atoms with Crippen molar-refractivity contribution in [1.29, 1.82) is 0 Å². The molecule has 0 spiro atoms. The fourth-order valence-electron chi connectivity index (χ4n) is 3.28. The third-order valence-electron chi connectivity index (χ3n) is 4.65. The van der Waals surface area contributed by atoms with Crippen molar-refractivity contribution in [3.63, 3.8) is 0 Å². The molecular formula is C23H29N3O2. The first-order valence-electron chi connectivity index (χ1n) is 10.1. The number of benzene rings is 1. The largest absolute Gasteiger partial charge is 0.489 e. The van der Waals surface area contributed by atoms with E-state index in [1.165, 1.54) is 31.3 Å². The monoisotopic (exact) mass is 379 g/mol. The summed E-state index contributed by atoms with van der Waals surface area (Å²) in [4.78, 5) is 16.9. The van der Waals surface area contributed by atoms with E-state index >= 15 is 0 Å². The number of para-hydroxylation sites is 2. The molecule has 0 bridgehead atoms. The van der Waals surface area contributed by atoms with Crippen LogP contribution in [0.1, 0.15) is 56.4 Å². The Morgan fingerprint density at radius 2 is 2.07 bits per heavy atom. The lowest BCUT2D eigenvalue weighted by Crippen LogP contribution is -2.16. The van der Waals surface area contributed by atoms with E-state index in [4.69, 9.17) is 4.74 Å². The van der Waals surface area contributed by atoms with Crippen molar-refractivity contribution in [2.24, 2.45) is 0 Å². The number of nitrogens with zero attached hydrogens (tertiary/aromatic N) is 1. The molecule has 5 nitrogen and oxygen atoms in total. The molecule has 1 aromatic carbocycles. The lowest BCUT2D eigenvalue weighted by molar-refractivity contribution is 0.102. The second kappa shape index (κ2) is 9.93. The molecule has 1 aliphatic rings. The molecule has 5 heteroatoms. The van der Waals surface area contributed by atoms with Crippen LogP contribution in [-0.2, 0) is 0 Å². The molecule has 1 amide bonds. The van der Waals surface area contributed by atoms with Gasteiger partial charge >= 0.3 is 0 Å². The minimum atomic E-state index is -0.251. The molecule has 0 saturated heterocycles. The molecule has 0 fully saturated rings. The van der Waals surface area contributed by atoms with E-state index < -0.39 is 0 Å². The maximum Gasteiger partial charge on any atom is 0.274 e. The number of carbonyl (C=O) groups excluding carboxylic acids is 1. The normalized spacial score (nSPS) is 13.8. The summed E-state index contributed by atoms with van der Waals surface area (Å²) in [6, 6.07) is 11.1. The number of hydrogen-bond acceptors (Lipinski definition) is 4. The number of pyridine rings is 1. The first-order chi connectivity index (χ1) is 13.6. The molecule has 2 N–H and O–H groups in total. The van der Waals surface area contributed by atoms with Crippen molar-refractivity contribution in [2.45, 2.75) is 52.1 Å². The highest BCUT2D eigenvalue weighted by Crippen LogP contribution is 2.25. The van der Waals surface area contributed by atoms with Gasteiger partial charge in [-0.1, -0.05) is 23.8 Å². The summed E-state index contributed by atoms with van der Waals surface area (Å²) >= 11 is 0. The molecule has 0 radical (unpaired) electrons. The van der Waals surface area contributed by atoms with E-state index in [1.807, 2.05) is 44.2 Å². The summed E-state index contributed by atoms with van der Waals surface area (Å²) in [5.41, 5.74) is 3.46. The van der Waals surface area contributed by atoms with Crippen LogP contribution in [0.2, 0.25) is 0 Å². The highest BCUT2D eigenvalue weighted by atomic mass is 16.5. The van der Waals surface area contributed by atoms with Gasteiger partial charge in [0.2, 0.25) is 0 Å². The van der Waals surface area contributed by atoms with E-state index in [2.05, 4.69) is 21.7 Å². The molecule has 28 heavy (non-hydrogen) atoms. The number of ether oxygens (including phenoxy) is 1. The van der Waals surface area contributed by atoms with Gasteiger partial charge in [-0.15, -0.1) is 0 Å². The van der Waals surface area contributed by atoms with Gasteiger partial charge in [0.1, 0.15) is 11.4 Å². The minimum Gasteiger partial charge on any atom is -0.489 e. The van der Waals surface area contributed by atoms with E-state index in [1.54, 1.807) is 12.3 Å². The Kier molecular flexibility index (Phi) is 7.06. The molecule has 1 aromatic heterocycles. The Hall–Kier alpha value is -2.82. The van der Waals surface area contributed by atoms with Gasteiger partial charge in [0, 0.05) is 18.4 Å². The van der Waals surface area contributed by atoms with Crippen molar-refractivity contribution in [1.82, 2.24) is 4.98 Å². The number of aromatic nitrogens is 1. The maximum atomic E-state index is 12.7. The molecule has 0 aliphatic heterocycles. The Labute approximate surface area is 167 Å². The van der Waals surface area contributed by atoms with Crippen molar-refractivity contribution in [3.05, 3.63) is 59.9 Å². The molecule has 0 saturated carbocycles. The predicted molar refractivity (Wildman–Crippen MR) is 114 cm³/mol. The Balaban J connectivity index is 1.60. The summed E-state index contributed by atoms with van der Waals surface area (Å²) in [7, 11) is 0. The zero-order chi connectivity index (χ0) is 19.8. The zero-order valence-corrected chi connectivity index (χ0v) is 16.7. The van der Waals surface area contributed by atoms with Crippen LogP contribution in [0.3, 0.4) is 0 Å². The van der Waals surface area contributed by atoms with Gasteiger partial charge in [0.15, 0.2) is 0 Å². The van der Waals surface area contributed by atoms with Gasteiger partial charge in [-0.25, -0.2) is 0 Å². The molecule has 0 unspecified atom stereocenters. The van der Waals surface area contributed by atoms with Crippen LogP contribution in [0.5, 0.6) is 5.75 Å². The number of nitrogens with one attached hydrogen (secondary N) is 2. The second-order valence-electron chi connectivity index (χ2n) is 7.33. The quantitative estimate of drug-likeness (QED) is 0.601. The van der Waals surface area contributed by atoms with E-state index in [-0.39, 0.29) is 12.0 Å². The summed E-state index contributed by atoms with van der Waals surface area (Å²) in [5.74, 6) is 0.402. The molecule has 148 valence electrons. The van der Waals surface area contributed by atoms with Crippen LogP contribution in [-0.4, -0.2) is 23.5 Å². The Morgan fingerprint density at radius 3 is 2.86 bits per heavy atom. The number of amides is 1. The maximum absolute atomic E-state index is 12.7. The van der Waals surface area contributed by atoms with Gasteiger partial charge in [-0.05, 0) is 70.2 Å². The first-order valence-corrected chi connectivity index (χ1v) is 10.1.